The summed E-state index contributed by atoms with van der Waals surface area (Å²) < 4.78 is 5.81. The van der Waals surface area contributed by atoms with Gasteiger partial charge in [0.1, 0.15) is 0 Å². The van der Waals surface area contributed by atoms with Gasteiger partial charge >= 0.3 is 0 Å². The molecule has 0 bridgehead atoms. The number of nitrogens with zero attached hydrogens (tertiary/aromatic N) is 1. The monoisotopic (exact) mass is 214 g/mol. The summed E-state index contributed by atoms with van der Waals surface area (Å²) in [5.41, 5.74) is 5.93. The van der Waals surface area contributed by atoms with Gasteiger partial charge in [-0.3, -0.25) is 0 Å². The molecule has 0 spiro atoms. The lowest BCUT2D eigenvalue weighted by molar-refractivity contribution is 0.0306. The first-order chi connectivity index (χ1) is 6.93. The molecule has 90 valence electrons. The molecule has 0 aliphatic carbocycles. The van der Waals surface area contributed by atoms with E-state index in [-0.39, 0.29) is 5.41 Å². The Balaban J connectivity index is 2.27. The van der Waals surface area contributed by atoms with Gasteiger partial charge in [-0.15, -0.1) is 0 Å². The van der Waals surface area contributed by atoms with E-state index in [2.05, 4.69) is 32.7 Å². The zero-order valence-electron chi connectivity index (χ0n) is 10.6. The second-order valence-corrected chi connectivity index (χ2v) is 5.71. The molecule has 1 aliphatic heterocycles. The molecule has 2 atom stereocenters. The molecule has 2 N–H and O–H groups in total. The summed E-state index contributed by atoms with van der Waals surface area (Å²) in [5, 5.41) is 0. The van der Waals surface area contributed by atoms with Crippen molar-refractivity contribution in [3.63, 3.8) is 0 Å². The predicted octanol–water partition coefficient (Wildman–Crippen LogP) is 1.47. The van der Waals surface area contributed by atoms with Crippen molar-refractivity contribution < 1.29 is 4.74 Å². The van der Waals surface area contributed by atoms with Crippen LogP contribution in [0.25, 0.3) is 0 Å². The number of rotatable bonds is 5. The van der Waals surface area contributed by atoms with E-state index < -0.39 is 0 Å². The SMILES string of the molecule is CC1CCC(CN(C)CC(C)(C)CN)O1. The smallest absolute Gasteiger partial charge is 0.0706 e. The van der Waals surface area contributed by atoms with E-state index in [4.69, 9.17) is 10.5 Å². The zero-order chi connectivity index (χ0) is 11.5. The fourth-order valence-electron chi connectivity index (χ4n) is 2.23. The van der Waals surface area contributed by atoms with Crippen LogP contribution < -0.4 is 5.73 Å². The molecule has 0 aromatic carbocycles. The minimum Gasteiger partial charge on any atom is -0.374 e. The molecule has 0 saturated carbocycles. The van der Waals surface area contributed by atoms with Crippen LogP contribution in [0.1, 0.15) is 33.6 Å². The maximum Gasteiger partial charge on any atom is 0.0706 e. The van der Waals surface area contributed by atoms with Crippen molar-refractivity contribution in [1.29, 1.82) is 0 Å². The molecule has 15 heavy (non-hydrogen) atoms. The number of hydrogen-bond donors (Lipinski definition) is 1. The van der Waals surface area contributed by atoms with Gasteiger partial charge in [0, 0.05) is 13.1 Å². The third kappa shape index (κ3) is 4.49. The van der Waals surface area contributed by atoms with Crippen molar-refractivity contribution in [2.45, 2.75) is 45.8 Å². The Kier molecular flexibility index (Phi) is 4.56. The predicted molar refractivity (Wildman–Crippen MR) is 63.9 cm³/mol. The molecule has 0 amide bonds. The van der Waals surface area contributed by atoms with Gasteiger partial charge in [0.2, 0.25) is 0 Å². The number of hydrogen-bond acceptors (Lipinski definition) is 3. The topological polar surface area (TPSA) is 38.5 Å². The standard InChI is InChI=1S/C12H26N2O/c1-10-5-6-11(15-10)7-14(4)9-12(2,3)8-13/h10-11H,5-9,13H2,1-4H3. The van der Waals surface area contributed by atoms with E-state index in [1.54, 1.807) is 0 Å². The quantitative estimate of drug-likeness (QED) is 0.753. The maximum atomic E-state index is 5.81. The largest absolute Gasteiger partial charge is 0.374 e. The van der Waals surface area contributed by atoms with Crippen LogP contribution in [0.4, 0.5) is 0 Å². The van der Waals surface area contributed by atoms with Gasteiger partial charge in [-0.1, -0.05) is 13.8 Å². The molecule has 1 fully saturated rings. The van der Waals surface area contributed by atoms with Crippen LogP contribution in [0.15, 0.2) is 0 Å². The molecule has 1 saturated heterocycles. The molecule has 0 radical (unpaired) electrons. The second-order valence-electron chi connectivity index (χ2n) is 5.71. The van der Waals surface area contributed by atoms with Crippen molar-refractivity contribution in [2.24, 2.45) is 11.1 Å². The molecule has 3 nitrogen and oxygen atoms in total. The highest BCUT2D eigenvalue weighted by atomic mass is 16.5. The van der Waals surface area contributed by atoms with Crippen LogP contribution in [0.3, 0.4) is 0 Å². The number of ether oxygens (including phenoxy) is 1. The molecular formula is C12H26N2O. The lowest BCUT2D eigenvalue weighted by Gasteiger charge is -2.30. The molecular weight excluding hydrogens is 188 g/mol. The van der Waals surface area contributed by atoms with Crippen molar-refractivity contribution in [2.75, 3.05) is 26.7 Å². The summed E-state index contributed by atoms with van der Waals surface area (Å²) in [4.78, 5) is 2.34. The minimum atomic E-state index is 0.207. The Morgan fingerprint density at radius 2 is 2.07 bits per heavy atom. The highest BCUT2D eigenvalue weighted by Gasteiger charge is 2.25. The fourth-order valence-corrected chi connectivity index (χ4v) is 2.23. The van der Waals surface area contributed by atoms with Gasteiger partial charge < -0.3 is 15.4 Å². The van der Waals surface area contributed by atoms with Gasteiger partial charge in [-0.25, -0.2) is 0 Å². The van der Waals surface area contributed by atoms with E-state index in [1.165, 1.54) is 12.8 Å². The summed E-state index contributed by atoms with van der Waals surface area (Å²) in [6.45, 7) is 9.39. The molecule has 0 aromatic rings. The van der Waals surface area contributed by atoms with Crippen LogP contribution in [0, 0.1) is 5.41 Å². The highest BCUT2D eigenvalue weighted by molar-refractivity contribution is 4.77. The average Bonchev–Trinajstić information content (AvgIpc) is 2.50. The van der Waals surface area contributed by atoms with Crippen LogP contribution in [0.2, 0.25) is 0 Å². The zero-order valence-corrected chi connectivity index (χ0v) is 10.6. The summed E-state index contributed by atoms with van der Waals surface area (Å²) >= 11 is 0. The van der Waals surface area contributed by atoms with Crippen LogP contribution >= 0.6 is 0 Å². The van der Waals surface area contributed by atoms with Gasteiger partial charge in [0.05, 0.1) is 12.2 Å². The van der Waals surface area contributed by atoms with Crippen molar-refractivity contribution >= 4 is 0 Å². The van der Waals surface area contributed by atoms with Crippen molar-refractivity contribution in [1.82, 2.24) is 4.90 Å². The van der Waals surface area contributed by atoms with Crippen molar-refractivity contribution in [3.8, 4) is 0 Å². The average molecular weight is 214 g/mol. The Labute approximate surface area is 94.0 Å². The summed E-state index contributed by atoms with van der Waals surface area (Å²) in [6, 6.07) is 0. The molecule has 1 rings (SSSR count). The van der Waals surface area contributed by atoms with Crippen LogP contribution in [-0.2, 0) is 4.74 Å². The van der Waals surface area contributed by atoms with Crippen molar-refractivity contribution in [3.05, 3.63) is 0 Å². The van der Waals surface area contributed by atoms with Gasteiger partial charge in [-0.2, -0.15) is 0 Å². The molecule has 0 aromatic heterocycles. The lowest BCUT2D eigenvalue weighted by Crippen LogP contribution is -2.40. The third-order valence-corrected chi connectivity index (χ3v) is 3.09. The number of nitrogens with two attached hydrogens (primary N) is 1. The molecule has 1 heterocycles. The Bertz CT molecular complexity index is 194. The fraction of sp³-hybridized carbons (Fsp3) is 1.00. The summed E-state index contributed by atoms with van der Waals surface area (Å²) in [7, 11) is 2.16. The second kappa shape index (κ2) is 5.28. The normalized spacial score (nSPS) is 27.6. The Hall–Kier alpha value is -0.120. The first-order valence-corrected chi connectivity index (χ1v) is 5.97. The lowest BCUT2D eigenvalue weighted by atomic mass is 9.93. The van der Waals surface area contributed by atoms with Crippen LogP contribution in [-0.4, -0.2) is 43.8 Å². The van der Waals surface area contributed by atoms with E-state index in [0.29, 0.717) is 12.2 Å². The highest BCUT2D eigenvalue weighted by Crippen LogP contribution is 2.21. The Morgan fingerprint density at radius 3 is 2.53 bits per heavy atom. The van der Waals surface area contributed by atoms with Gasteiger partial charge in [-0.05, 0) is 38.8 Å². The van der Waals surface area contributed by atoms with E-state index in [9.17, 15) is 0 Å². The van der Waals surface area contributed by atoms with Gasteiger partial charge in [0.25, 0.3) is 0 Å². The first kappa shape index (κ1) is 12.9. The summed E-state index contributed by atoms with van der Waals surface area (Å²) in [5.74, 6) is 0. The first-order valence-electron chi connectivity index (χ1n) is 5.97. The number of likely N-dealkylation sites (N-methyl/N-ethyl adjacent to an activating group) is 1. The third-order valence-electron chi connectivity index (χ3n) is 3.09. The molecule has 3 heteroatoms. The summed E-state index contributed by atoms with van der Waals surface area (Å²) in [6.07, 6.45) is 3.29. The maximum absolute atomic E-state index is 5.81. The van der Waals surface area contributed by atoms with E-state index in [1.807, 2.05) is 0 Å². The molecule has 1 aliphatic rings. The van der Waals surface area contributed by atoms with Crippen LogP contribution in [0.5, 0.6) is 0 Å². The molecule has 2 unspecified atom stereocenters. The Morgan fingerprint density at radius 1 is 1.40 bits per heavy atom. The van der Waals surface area contributed by atoms with E-state index >= 15 is 0 Å². The van der Waals surface area contributed by atoms with E-state index in [0.717, 1.165) is 19.6 Å². The minimum absolute atomic E-state index is 0.207. The van der Waals surface area contributed by atoms with Gasteiger partial charge in [0.15, 0.2) is 0 Å².